The van der Waals surface area contributed by atoms with Crippen molar-refractivity contribution in [3.05, 3.63) is 57.7 Å². The van der Waals surface area contributed by atoms with Crippen LogP contribution in [-0.4, -0.2) is 41.9 Å². The predicted molar refractivity (Wildman–Crippen MR) is 97.5 cm³/mol. The lowest BCUT2D eigenvalue weighted by atomic mass is 9.97. The molecule has 1 atom stereocenters. The van der Waals surface area contributed by atoms with Crippen molar-refractivity contribution in [2.24, 2.45) is 0 Å². The Kier molecular flexibility index (Phi) is 3.77. The third-order valence-corrected chi connectivity index (χ3v) is 5.56. The molecule has 3 aromatic rings. The lowest BCUT2D eigenvalue weighted by Crippen LogP contribution is -2.31. The molecule has 0 saturated carbocycles. The molecule has 1 fully saturated rings. The van der Waals surface area contributed by atoms with Crippen LogP contribution < -0.4 is 5.56 Å². The number of nitrogens with zero attached hydrogens (tertiary/aromatic N) is 5. The van der Waals surface area contributed by atoms with Crippen LogP contribution in [-0.2, 0) is 12.8 Å². The summed E-state index contributed by atoms with van der Waals surface area (Å²) in [6.45, 7) is 0.661. The van der Waals surface area contributed by atoms with E-state index in [0.29, 0.717) is 17.9 Å². The molecular formula is C19H20N6O2. The van der Waals surface area contributed by atoms with Gasteiger partial charge in [-0.1, -0.05) is 0 Å². The molecule has 1 saturated heterocycles. The third-order valence-electron chi connectivity index (χ3n) is 5.56. The van der Waals surface area contributed by atoms with Crippen LogP contribution >= 0.6 is 0 Å². The number of hydrogen-bond donors (Lipinski definition) is 1. The van der Waals surface area contributed by atoms with Gasteiger partial charge in [-0.05, 0) is 38.5 Å². The van der Waals surface area contributed by atoms with Crippen molar-refractivity contribution < 1.29 is 4.79 Å². The molecular weight excluding hydrogens is 344 g/mol. The molecule has 4 heterocycles. The first kappa shape index (κ1) is 16.2. The fraction of sp³-hybridized carbons (Fsp3) is 0.421. The molecule has 0 radical (unpaired) electrons. The summed E-state index contributed by atoms with van der Waals surface area (Å²) in [5.41, 5.74) is 3.56. The van der Waals surface area contributed by atoms with E-state index in [4.69, 9.17) is 4.98 Å². The Hall–Kier alpha value is -3.03. The van der Waals surface area contributed by atoms with Crippen LogP contribution in [0.3, 0.4) is 0 Å². The molecule has 2 aliphatic rings. The highest BCUT2D eigenvalue weighted by Crippen LogP contribution is 2.32. The fourth-order valence-corrected chi connectivity index (χ4v) is 4.24. The van der Waals surface area contributed by atoms with E-state index in [1.54, 1.807) is 11.1 Å². The summed E-state index contributed by atoms with van der Waals surface area (Å²) in [7, 11) is 0. The number of fused-ring (bicyclic) bond motifs is 2. The quantitative estimate of drug-likeness (QED) is 0.746. The van der Waals surface area contributed by atoms with Crippen molar-refractivity contribution in [3.8, 4) is 0 Å². The van der Waals surface area contributed by atoms with Gasteiger partial charge in [-0.15, -0.1) is 0 Å². The number of amides is 1. The molecule has 8 nitrogen and oxygen atoms in total. The number of aromatic nitrogens is 5. The molecule has 1 amide bonds. The normalized spacial score (nSPS) is 19.4. The summed E-state index contributed by atoms with van der Waals surface area (Å²) >= 11 is 0. The van der Waals surface area contributed by atoms with Crippen molar-refractivity contribution >= 4 is 11.6 Å². The lowest BCUT2D eigenvalue weighted by Gasteiger charge is -2.23. The zero-order valence-electron chi connectivity index (χ0n) is 14.9. The zero-order valence-corrected chi connectivity index (χ0v) is 14.9. The van der Waals surface area contributed by atoms with E-state index in [0.717, 1.165) is 55.5 Å². The van der Waals surface area contributed by atoms with Crippen LogP contribution in [0.5, 0.6) is 0 Å². The number of rotatable bonds is 2. The number of likely N-dealkylation sites (tertiary alicyclic amines) is 1. The van der Waals surface area contributed by atoms with Crippen LogP contribution in [0, 0.1) is 0 Å². The topological polar surface area (TPSA) is 96.2 Å². The summed E-state index contributed by atoms with van der Waals surface area (Å²) in [6.07, 6.45) is 10.1. The highest BCUT2D eigenvalue weighted by atomic mass is 16.2. The first-order valence-electron chi connectivity index (χ1n) is 9.43. The molecule has 1 N–H and O–H groups in total. The molecule has 1 aliphatic carbocycles. The number of carbonyl (C=O) groups is 1. The lowest BCUT2D eigenvalue weighted by molar-refractivity contribution is 0.0726. The van der Waals surface area contributed by atoms with Gasteiger partial charge in [-0.2, -0.15) is 0 Å². The molecule has 0 bridgehead atoms. The zero-order chi connectivity index (χ0) is 18.4. The van der Waals surface area contributed by atoms with Crippen molar-refractivity contribution in [2.45, 2.75) is 44.6 Å². The molecule has 3 aromatic heterocycles. The van der Waals surface area contributed by atoms with Gasteiger partial charge in [-0.25, -0.2) is 14.5 Å². The smallest absolute Gasteiger partial charge is 0.276 e. The first-order valence-corrected chi connectivity index (χ1v) is 9.43. The maximum absolute atomic E-state index is 12.8. The largest absolute Gasteiger partial charge is 0.329 e. The van der Waals surface area contributed by atoms with E-state index in [-0.39, 0.29) is 17.5 Å². The molecule has 138 valence electrons. The minimum Gasteiger partial charge on any atom is -0.329 e. The number of H-pyrrole nitrogens is 1. The second kappa shape index (κ2) is 6.29. The Labute approximate surface area is 155 Å². The highest BCUT2D eigenvalue weighted by Gasteiger charge is 2.33. The average molecular weight is 364 g/mol. The summed E-state index contributed by atoms with van der Waals surface area (Å²) < 4.78 is 1.53. The van der Waals surface area contributed by atoms with E-state index in [1.807, 2.05) is 6.07 Å². The van der Waals surface area contributed by atoms with Gasteiger partial charge in [0.05, 0.1) is 23.6 Å². The third kappa shape index (κ3) is 2.63. The second-order valence-electron chi connectivity index (χ2n) is 7.20. The van der Waals surface area contributed by atoms with E-state index in [2.05, 4.69) is 15.1 Å². The summed E-state index contributed by atoms with van der Waals surface area (Å²) in [5.74, 6) is -0.135. The molecule has 0 aromatic carbocycles. The molecule has 0 spiro atoms. The minimum absolute atomic E-state index is 0.00857. The van der Waals surface area contributed by atoms with Crippen molar-refractivity contribution in [1.82, 2.24) is 29.5 Å². The second-order valence-corrected chi connectivity index (χ2v) is 7.20. The number of nitrogens with one attached hydrogen (secondary N) is 1. The first-order chi connectivity index (χ1) is 13.2. The number of carbonyl (C=O) groups excluding carboxylic acids is 1. The number of aryl methyl sites for hydroxylation is 1. The van der Waals surface area contributed by atoms with Crippen molar-refractivity contribution in [1.29, 1.82) is 0 Å². The summed E-state index contributed by atoms with van der Waals surface area (Å²) in [5, 5.41) is 3.20. The Morgan fingerprint density at radius 2 is 2.07 bits per heavy atom. The van der Waals surface area contributed by atoms with E-state index < -0.39 is 0 Å². The van der Waals surface area contributed by atoms with Gasteiger partial charge < -0.3 is 4.90 Å². The molecule has 8 heteroatoms. The van der Waals surface area contributed by atoms with E-state index in [9.17, 15) is 9.59 Å². The molecule has 5 rings (SSSR count). The minimum atomic E-state index is -0.135. The molecule has 1 aliphatic heterocycles. The summed E-state index contributed by atoms with van der Waals surface area (Å²) in [4.78, 5) is 40.3. The standard InChI is InChI=1S/C19H20N6O2/c26-18-12-4-1-2-5-13(12)22-17-10-14(23-25(17)18)16-6-3-9-24(16)19(27)15-11-20-7-8-21-15/h7-8,10-11,16,23H,1-6,9H2. The fourth-order valence-electron chi connectivity index (χ4n) is 4.24. The van der Waals surface area contributed by atoms with Gasteiger partial charge in [0.25, 0.3) is 11.5 Å². The van der Waals surface area contributed by atoms with Crippen molar-refractivity contribution in [2.75, 3.05) is 6.54 Å². The van der Waals surface area contributed by atoms with Crippen LogP contribution in [0.1, 0.15) is 59.2 Å². The average Bonchev–Trinajstić information content (AvgIpc) is 3.35. The van der Waals surface area contributed by atoms with Gasteiger partial charge in [0.2, 0.25) is 0 Å². The molecule has 27 heavy (non-hydrogen) atoms. The van der Waals surface area contributed by atoms with Gasteiger partial charge in [0, 0.05) is 30.6 Å². The van der Waals surface area contributed by atoms with E-state index >= 15 is 0 Å². The highest BCUT2D eigenvalue weighted by molar-refractivity contribution is 5.92. The van der Waals surface area contributed by atoms with Crippen LogP contribution in [0.4, 0.5) is 0 Å². The Bertz CT molecular complexity index is 1070. The predicted octanol–water partition coefficient (Wildman–Crippen LogP) is 1.67. The number of hydrogen-bond acceptors (Lipinski definition) is 5. The van der Waals surface area contributed by atoms with E-state index in [1.165, 1.54) is 16.9 Å². The maximum Gasteiger partial charge on any atom is 0.276 e. The van der Waals surface area contributed by atoms with Crippen molar-refractivity contribution in [3.63, 3.8) is 0 Å². The van der Waals surface area contributed by atoms with Crippen LogP contribution in [0.25, 0.3) is 5.65 Å². The summed E-state index contributed by atoms with van der Waals surface area (Å²) in [6, 6.07) is 1.79. The van der Waals surface area contributed by atoms with Gasteiger partial charge in [0.1, 0.15) is 5.69 Å². The monoisotopic (exact) mass is 364 g/mol. The van der Waals surface area contributed by atoms with Crippen LogP contribution in [0.2, 0.25) is 0 Å². The SMILES string of the molecule is O=C(c1cnccn1)N1CCCC1c1cc2nc3c(c(=O)n2[nH]1)CCCC3. The Morgan fingerprint density at radius 1 is 1.19 bits per heavy atom. The molecule has 1 unspecified atom stereocenters. The Morgan fingerprint density at radius 3 is 2.93 bits per heavy atom. The van der Waals surface area contributed by atoms with Crippen LogP contribution in [0.15, 0.2) is 29.5 Å². The maximum atomic E-state index is 12.8. The Balaban J connectivity index is 1.54. The number of aromatic amines is 1. The van der Waals surface area contributed by atoms with Gasteiger partial charge in [0.15, 0.2) is 5.65 Å². The van der Waals surface area contributed by atoms with Gasteiger partial charge >= 0.3 is 0 Å². The van der Waals surface area contributed by atoms with Gasteiger partial charge in [-0.3, -0.25) is 19.7 Å².